The third-order valence-corrected chi connectivity index (χ3v) is 9.79. The van der Waals surface area contributed by atoms with E-state index < -0.39 is 69.5 Å². The number of fused-ring (bicyclic) bond motifs is 2. The molecule has 2 aliphatic rings. The quantitative estimate of drug-likeness (QED) is 0.179. The van der Waals surface area contributed by atoms with E-state index >= 15 is 0 Å². The summed E-state index contributed by atoms with van der Waals surface area (Å²) < 4.78 is 66.4. The number of benzene rings is 3. The van der Waals surface area contributed by atoms with Crippen LogP contribution in [0.5, 0.6) is 11.5 Å². The van der Waals surface area contributed by atoms with Crippen molar-refractivity contribution >= 4 is 52.2 Å². The Hall–Kier alpha value is -4.63. The number of nitrogens with zero attached hydrogens (tertiary/aromatic N) is 1. The molecule has 4 aromatic rings. The Bertz CT molecular complexity index is 1890. The average molecular weight is 674 g/mol. The van der Waals surface area contributed by atoms with Crippen LogP contribution in [0.1, 0.15) is 28.8 Å². The van der Waals surface area contributed by atoms with Crippen molar-refractivity contribution in [2.45, 2.75) is 29.3 Å². The van der Waals surface area contributed by atoms with Crippen molar-refractivity contribution in [1.82, 2.24) is 4.98 Å². The van der Waals surface area contributed by atoms with Crippen LogP contribution in [0.4, 0.5) is 28.9 Å². The first-order chi connectivity index (χ1) is 22.0. The molecular formula is C31H23F4N3O6S2. The second-order valence-electron chi connectivity index (χ2n) is 10.3. The minimum Gasteiger partial charge on any atom is -0.490 e. The number of hydrogen-bond acceptors (Lipinski definition) is 8. The van der Waals surface area contributed by atoms with Gasteiger partial charge in [-0.1, -0.05) is 41.3 Å². The van der Waals surface area contributed by atoms with Gasteiger partial charge in [0.1, 0.15) is 11.1 Å². The maximum absolute atomic E-state index is 14.0. The Balaban J connectivity index is 1.33. The number of anilines is 2. The van der Waals surface area contributed by atoms with Crippen LogP contribution in [0.2, 0.25) is 0 Å². The number of alkyl halides is 3. The van der Waals surface area contributed by atoms with Gasteiger partial charge in [0.15, 0.2) is 18.1 Å². The molecule has 1 fully saturated rings. The van der Waals surface area contributed by atoms with Gasteiger partial charge in [0.2, 0.25) is 11.8 Å². The van der Waals surface area contributed by atoms with Crippen molar-refractivity contribution < 1.29 is 41.4 Å². The molecule has 2 N–H and O–H groups in total. The molecule has 6 rings (SSSR count). The zero-order chi connectivity index (χ0) is 32.7. The Kier molecular flexibility index (Phi) is 8.37. The van der Waals surface area contributed by atoms with E-state index in [4.69, 9.17) is 9.47 Å². The molecular weight excluding hydrogens is 650 g/mol. The molecule has 0 spiro atoms. The van der Waals surface area contributed by atoms with Gasteiger partial charge in [-0.25, -0.2) is 9.29 Å². The summed E-state index contributed by atoms with van der Waals surface area (Å²) in [5, 5.41) is 1.82. The molecule has 3 aromatic carbocycles. The number of halogens is 4. The average Bonchev–Trinajstić information content (AvgIpc) is 3.51. The number of imide groups is 1. The summed E-state index contributed by atoms with van der Waals surface area (Å²) in [6.07, 6.45) is -4.82. The first-order valence-electron chi connectivity index (χ1n) is 13.8. The monoisotopic (exact) mass is 673 g/mol. The van der Waals surface area contributed by atoms with Crippen LogP contribution in [0.25, 0.3) is 0 Å². The number of thioether (sulfide) groups is 1. The van der Waals surface area contributed by atoms with Gasteiger partial charge in [-0.05, 0) is 61.0 Å². The topological polar surface area (TPSA) is 118 Å². The highest BCUT2D eigenvalue weighted by Crippen LogP contribution is 2.54. The molecule has 46 heavy (non-hydrogen) atoms. The Labute approximate surface area is 266 Å². The second-order valence-corrected chi connectivity index (χ2v) is 12.4. The van der Waals surface area contributed by atoms with Gasteiger partial charge in [-0.2, -0.15) is 13.2 Å². The molecule has 3 heterocycles. The first-order valence-corrected chi connectivity index (χ1v) is 15.5. The van der Waals surface area contributed by atoms with Gasteiger partial charge in [0, 0.05) is 16.5 Å². The van der Waals surface area contributed by atoms with Gasteiger partial charge in [-0.15, -0.1) is 0 Å². The van der Waals surface area contributed by atoms with Gasteiger partial charge in [0.05, 0.1) is 28.8 Å². The van der Waals surface area contributed by atoms with Crippen LogP contribution in [0.3, 0.4) is 0 Å². The summed E-state index contributed by atoms with van der Waals surface area (Å²) in [6, 6.07) is 14.2. The van der Waals surface area contributed by atoms with E-state index in [2.05, 4.69) is 10.3 Å². The Morgan fingerprint density at radius 2 is 1.72 bits per heavy atom. The van der Waals surface area contributed by atoms with Gasteiger partial charge in [-0.3, -0.25) is 19.2 Å². The number of rotatable bonds is 8. The molecule has 1 aromatic heterocycles. The van der Waals surface area contributed by atoms with Crippen molar-refractivity contribution in [3.05, 3.63) is 98.2 Å². The predicted octanol–water partition coefficient (Wildman–Crippen LogP) is 5.81. The number of ether oxygens (including phenoxy) is 2. The lowest BCUT2D eigenvalue weighted by Crippen LogP contribution is -2.33. The highest BCUT2D eigenvalue weighted by Gasteiger charge is 2.57. The zero-order valence-corrected chi connectivity index (χ0v) is 25.4. The molecule has 9 nitrogen and oxygen atoms in total. The smallest absolute Gasteiger partial charge is 0.418 e. The van der Waals surface area contributed by atoms with Gasteiger partial charge < -0.3 is 19.8 Å². The third-order valence-electron chi connectivity index (χ3n) is 7.39. The van der Waals surface area contributed by atoms with Crippen molar-refractivity contribution in [3.8, 4) is 11.5 Å². The summed E-state index contributed by atoms with van der Waals surface area (Å²) in [5.41, 5.74) is -0.869. The number of carbonyl (C=O) groups is 3. The number of H-pyrrole nitrogens is 1. The van der Waals surface area contributed by atoms with Gasteiger partial charge >= 0.3 is 11.0 Å². The van der Waals surface area contributed by atoms with Crippen LogP contribution in [-0.4, -0.2) is 41.2 Å². The number of thiazole rings is 1. The predicted molar refractivity (Wildman–Crippen MR) is 162 cm³/mol. The zero-order valence-electron chi connectivity index (χ0n) is 23.7. The number of hydrogen-bond donors (Lipinski definition) is 2. The van der Waals surface area contributed by atoms with Crippen molar-refractivity contribution in [1.29, 1.82) is 0 Å². The molecule has 0 unspecified atom stereocenters. The number of amides is 3. The molecule has 3 amide bonds. The fourth-order valence-corrected chi connectivity index (χ4v) is 8.02. The first kappa shape index (κ1) is 31.4. The SMILES string of the molecule is CCOc1cc([C@@H]2c3sc(=O)[nH]c3S[C@H]3C(=O)N(c4ccccc4C(F)(F)F)C(=O)[C@@H]23)ccc1OCC(=O)Nc1ccc(F)cc1. The minimum absolute atomic E-state index is 0.179. The molecule has 0 bridgehead atoms. The molecule has 2 aliphatic heterocycles. The van der Waals surface area contributed by atoms with E-state index in [1.165, 1.54) is 42.5 Å². The van der Waals surface area contributed by atoms with Crippen molar-refractivity contribution in [2.24, 2.45) is 5.92 Å². The molecule has 0 aliphatic carbocycles. The lowest BCUT2D eigenvalue weighted by molar-refractivity contribution is -0.137. The number of para-hydroxylation sites is 1. The highest BCUT2D eigenvalue weighted by molar-refractivity contribution is 8.00. The Morgan fingerprint density at radius 1 is 0.978 bits per heavy atom. The lowest BCUT2D eigenvalue weighted by Gasteiger charge is -2.30. The van der Waals surface area contributed by atoms with Crippen LogP contribution in [0.15, 0.2) is 76.6 Å². The summed E-state index contributed by atoms with van der Waals surface area (Å²) in [4.78, 5) is 55.8. The van der Waals surface area contributed by atoms with Crippen LogP contribution in [-0.2, 0) is 20.6 Å². The fourth-order valence-electron chi connectivity index (χ4n) is 5.50. The Morgan fingerprint density at radius 3 is 2.43 bits per heavy atom. The van der Waals surface area contributed by atoms with E-state index in [9.17, 15) is 36.7 Å². The van der Waals surface area contributed by atoms with E-state index in [0.29, 0.717) is 26.1 Å². The maximum Gasteiger partial charge on any atom is 0.418 e. The van der Waals surface area contributed by atoms with Crippen LogP contribution in [0, 0.1) is 11.7 Å². The standard InChI is InChI=1S/C31H23F4N3O6S2/c1-2-43-21-13-15(7-12-20(21)44-14-22(39)36-17-10-8-16(32)9-11-17)23-24-26(45-27-25(23)46-30(42)37-27)29(41)38(28(24)40)19-6-4-3-5-18(19)31(33,34)35/h3-13,23-24,26H,2,14H2,1H3,(H,36,39)(H,37,42)/t23-,24-,26+/m0/s1. The lowest BCUT2D eigenvalue weighted by atomic mass is 9.83. The van der Waals surface area contributed by atoms with E-state index in [1.807, 2.05) is 0 Å². The summed E-state index contributed by atoms with van der Waals surface area (Å²) >= 11 is 1.79. The van der Waals surface area contributed by atoms with Crippen molar-refractivity contribution in [2.75, 3.05) is 23.4 Å². The molecule has 0 radical (unpaired) electrons. The summed E-state index contributed by atoms with van der Waals surface area (Å²) in [7, 11) is 0. The second kappa shape index (κ2) is 12.3. The summed E-state index contributed by atoms with van der Waals surface area (Å²) in [5.74, 6) is -4.28. The molecule has 238 valence electrons. The third kappa shape index (κ3) is 5.87. The number of aromatic nitrogens is 1. The molecule has 1 saturated heterocycles. The van der Waals surface area contributed by atoms with E-state index in [-0.39, 0.29) is 18.1 Å². The molecule has 0 saturated carbocycles. The minimum atomic E-state index is -4.82. The molecule has 15 heteroatoms. The largest absolute Gasteiger partial charge is 0.490 e. The fraction of sp³-hybridized carbons (Fsp3) is 0.226. The van der Waals surface area contributed by atoms with E-state index in [0.717, 1.165) is 35.2 Å². The van der Waals surface area contributed by atoms with Gasteiger partial charge in [0.25, 0.3) is 5.91 Å². The number of carbonyl (C=O) groups excluding carboxylic acids is 3. The van der Waals surface area contributed by atoms with Crippen LogP contribution >= 0.6 is 23.1 Å². The normalized spacial score (nSPS) is 19.1. The van der Waals surface area contributed by atoms with Crippen LogP contribution < -0.4 is 24.6 Å². The maximum atomic E-state index is 14.0. The summed E-state index contributed by atoms with van der Waals surface area (Å²) in [6.45, 7) is 1.48. The molecule has 3 atom stereocenters. The highest BCUT2D eigenvalue weighted by atomic mass is 32.2. The van der Waals surface area contributed by atoms with Crippen molar-refractivity contribution in [3.63, 3.8) is 0 Å². The van der Waals surface area contributed by atoms with E-state index in [1.54, 1.807) is 19.1 Å². The number of aromatic amines is 1. The number of nitrogens with one attached hydrogen (secondary N) is 2.